The number of carbonyl (C=O) groups excluding carboxylic acids is 2. The average Bonchev–Trinajstić information content (AvgIpc) is 2.81. The molecule has 8 heteroatoms. The molecule has 4 rings (SSSR count). The number of nitrogens with zero attached hydrogens (tertiary/aromatic N) is 1. The summed E-state index contributed by atoms with van der Waals surface area (Å²) in [6.45, 7) is 1.75. The topological polar surface area (TPSA) is 68.3 Å². The summed E-state index contributed by atoms with van der Waals surface area (Å²) in [5.74, 6) is -4.41. The van der Waals surface area contributed by atoms with E-state index in [-0.39, 0.29) is 5.56 Å². The van der Waals surface area contributed by atoms with Crippen molar-refractivity contribution in [3.05, 3.63) is 93.5 Å². The van der Waals surface area contributed by atoms with Crippen LogP contribution in [0, 0.1) is 18.6 Å². The second-order valence-corrected chi connectivity index (χ2v) is 8.14. The Morgan fingerprint density at radius 3 is 2.42 bits per heavy atom. The van der Waals surface area contributed by atoms with E-state index in [0.29, 0.717) is 22.2 Å². The summed E-state index contributed by atoms with van der Waals surface area (Å²) in [6.07, 6.45) is 0. The van der Waals surface area contributed by atoms with Crippen molar-refractivity contribution in [2.45, 2.75) is 6.92 Å². The minimum atomic E-state index is -1.40. The van der Waals surface area contributed by atoms with Gasteiger partial charge in [-0.1, -0.05) is 46.3 Å². The van der Waals surface area contributed by atoms with Crippen LogP contribution in [-0.2, 0) is 4.74 Å². The van der Waals surface area contributed by atoms with Gasteiger partial charge in [0.1, 0.15) is 0 Å². The summed E-state index contributed by atoms with van der Waals surface area (Å²) in [5, 5.41) is 2.98. The van der Waals surface area contributed by atoms with Crippen LogP contribution in [0.3, 0.4) is 0 Å². The number of benzene rings is 3. The molecular weight excluding hydrogens is 494 g/mol. The second kappa shape index (κ2) is 9.07. The Kier molecular flexibility index (Phi) is 6.20. The first-order valence-corrected chi connectivity index (χ1v) is 10.6. The van der Waals surface area contributed by atoms with Gasteiger partial charge in [-0.2, -0.15) is 0 Å². The highest BCUT2D eigenvalue weighted by molar-refractivity contribution is 9.10. The number of pyridine rings is 1. The lowest BCUT2D eigenvalue weighted by Crippen LogP contribution is -2.17. The van der Waals surface area contributed by atoms with Crippen LogP contribution in [0.5, 0.6) is 0 Å². The third kappa shape index (κ3) is 4.21. The zero-order valence-corrected chi connectivity index (χ0v) is 19.2. The van der Waals surface area contributed by atoms with Gasteiger partial charge < -0.3 is 10.1 Å². The molecule has 0 spiro atoms. The Morgan fingerprint density at radius 1 is 1.00 bits per heavy atom. The fourth-order valence-electron chi connectivity index (χ4n) is 3.60. The zero-order chi connectivity index (χ0) is 23.7. The Balaban J connectivity index is 1.85. The van der Waals surface area contributed by atoms with E-state index in [9.17, 15) is 18.4 Å². The maximum atomic E-state index is 14.6. The zero-order valence-electron chi connectivity index (χ0n) is 17.6. The van der Waals surface area contributed by atoms with Crippen LogP contribution < -0.4 is 5.32 Å². The minimum absolute atomic E-state index is 0.275. The normalized spacial score (nSPS) is 10.8. The molecule has 0 radical (unpaired) electrons. The van der Waals surface area contributed by atoms with Crippen molar-refractivity contribution >= 4 is 44.4 Å². The fourth-order valence-corrected chi connectivity index (χ4v) is 3.96. The van der Waals surface area contributed by atoms with Crippen molar-refractivity contribution in [2.75, 3.05) is 12.4 Å². The van der Waals surface area contributed by atoms with Gasteiger partial charge in [-0.25, -0.2) is 18.6 Å². The number of ether oxygens (including phenoxy) is 1. The monoisotopic (exact) mass is 510 g/mol. The fraction of sp³-hybridized carbons (Fsp3) is 0.0800. The van der Waals surface area contributed by atoms with E-state index < -0.39 is 34.8 Å². The largest absolute Gasteiger partial charge is 0.465 e. The van der Waals surface area contributed by atoms with Crippen LogP contribution in [0.1, 0.15) is 26.3 Å². The maximum Gasteiger partial charge on any atom is 0.340 e. The molecule has 4 aromatic rings. The number of methoxy groups -OCH3 is 1. The van der Waals surface area contributed by atoms with Crippen LogP contribution in [0.4, 0.5) is 14.5 Å². The molecule has 1 amide bonds. The van der Waals surface area contributed by atoms with Crippen molar-refractivity contribution < 1.29 is 23.1 Å². The molecule has 1 aromatic heterocycles. The van der Waals surface area contributed by atoms with Crippen LogP contribution in [-0.4, -0.2) is 24.0 Å². The van der Waals surface area contributed by atoms with Crippen LogP contribution in [0.25, 0.3) is 22.2 Å². The highest BCUT2D eigenvalue weighted by Gasteiger charge is 2.23. The number of esters is 1. The molecule has 0 unspecified atom stereocenters. The van der Waals surface area contributed by atoms with Crippen molar-refractivity contribution in [3.63, 3.8) is 0 Å². The molecule has 0 aliphatic carbocycles. The average molecular weight is 511 g/mol. The number of anilines is 1. The summed E-state index contributed by atoms with van der Waals surface area (Å²) in [5.41, 5.74) is 1.88. The van der Waals surface area contributed by atoms with Gasteiger partial charge in [0.25, 0.3) is 5.91 Å². The summed E-state index contributed by atoms with van der Waals surface area (Å²) in [6, 6.07) is 16.9. The molecule has 0 fully saturated rings. The smallest absolute Gasteiger partial charge is 0.340 e. The summed E-state index contributed by atoms with van der Waals surface area (Å²) < 4.78 is 34.2. The number of halogens is 3. The maximum absolute atomic E-state index is 14.6. The highest BCUT2D eigenvalue weighted by Crippen LogP contribution is 2.32. The van der Waals surface area contributed by atoms with Crippen molar-refractivity contribution in [2.24, 2.45) is 0 Å². The van der Waals surface area contributed by atoms with Crippen LogP contribution >= 0.6 is 15.9 Å². The first-order valence-electron chi connectivity index (χ1n) is 9.84. The van der Waals surface area contributed by atoms with Crippen molar-refractivity contribution in [1.82, 2.24) is 4.98 Å². The quantitative estimate of drug-likeness (QED) is 0.327. The number of carbonyl (C=O) groups is 2. The van der Waals surface area contributed by atoms with Gasteiger partial charge in [-0.15, -0.1) is 0 Å². The third-order valence-corrected chi connectivity index (χ3v) is 5.69. The molecule has 0 aliphatic heterocycles. The van der Waals surface area contributed by atoms with E-state index in [4.69, 9.17) is 4.98 Å². The van der Waals surface area contributed by atoms with E-state index in [1.165, 1.54) is 0 Å². The SMILES string of the molecule is COC(=O)c1ccc(NC(=O)c2c(C)c(-c3ccccc3)nc3ccc(Br)cc23)c(F)c1F. The Hall–Kier alpha value is -3.65. The Morgan fingerprint density at radius 2 is 1.73 bits per heavy atom. The lowest BCUT2D eigenvalue weighted by molar-refractivity contribution is 0.0594. The summed E-state index contributed by atoms with van der Waals surface area (Å²) in [7, 11) is 1.06. The second-order valence-electron chi connectivity index (χ2n) is 7.22. The molecule has 0 saturated carbocycles. The van der Waals surface area contributed by atoms with Crippen molar-refractivity contribution in [3.8, 4) is 11.3 Å². The van der Waals surface area contributed by atoms with Gasteiger partial charge in [-0.3, -0.25) is 4.79 Å². The Bertz CT molecular complexity index is 1410. The standard InChI is InChI=1S/C25H17BrF2N2O3/c1-13-20(24(31)30-19-11-9-16(25(32)33-2)21(27)22(19)28)17-12-15(26)8-10-18(17)29-23(13)14-6-4-3-5-7-14/h3-12H,1-2H3,(H,30,31). The lowest BCUT2D eigenvalue weighted by atomic mass is 9.97. The minimum Gasteiger partial charge on any atom is -0.465 e. The molecule has 0 atom stereocenters. The number of hydrogen-bond acceptors (Lipinski definition) is 4. The van der Waals surface area contributed by atoms with Gasteiger partial charge in [0, 0.05) is 15.4 Å². The molecule has 5 nitrogen and oxygen atoms in total. The molecule has 1 N–H and O–H groups in total. The first-order chi connectivity index (χ1) is 15.8. The number of rotatable bonds is 4. The first kappa shape index (κ1) is 22.5. The molecule has 166 valence electrons. The summed E-state index contributed by atoms with van der Waals surface area (Å²) >= 11 is 3.41. The van der Waals surface area contributed by atoms with E-state index in [1.54, 1.807) is 19.1 Å². The van der Waals surface area contributed by atoms with Crippen LogP contribution in [0.15, 0.2) is 65.1 Å². The van der Waals surface area contributed by atoms with Gasteiger partial charge in [0.2, 0.25) is 0 Å². The lowest BCUT2D eigenvalue weighted by Gasteiger charge is -2.16. The number of hydrogen-bond donors (Lipinski definition) is 1. The molecule has 1 heterocycles. The predicted molar refractivity (Wildman–Crippen MR) is 125 cm³/mol. The molecule has 0 aliphatic rings. The van der Waals surface area contributed by atoms with Gasteiger partial charge in [0.05, 0.1) is 35.1 Å². The molecule has 0 bridgehead atoms. The van der Waals surface area contributed by atoms with Gasteiger partial charge in [0.15, 0.2) is 11.6 Å². The van der Waals surface area contributed by atoms with E-state index in [2.05, 4.69) is 26.0 Å². The third-order valence-electron chi connectivity index (χ3n) is 5.20. The highest BCUT2D eigenvalue weighted by atomic mass is 79.9. The number of nitrogens with one attached hydrogen (secondary N) is 1. The van der Waals surface area contributed by atoms with E-state index >= 15 is 0 Å². The van der Waals surface area contributed by atoms with E-state index in [1.807, 2.05) is 36.4 Å². The number of aromatic nitrogens is 1. The molecule has 0 saturated heterocycles. The molecule has 33 heavy (non-hydrogen) atoms. The summed E-state index contributed by atoms with van der Waals surface area (Å²) in [4.78, 5) is 29.7. The van der Waals surface area contributed by atoms with Gasteiger partial charge in [-0.05, 0) is 42.8 Å². The number of fused-ring (bicyclic) bond motifs is 1. The molecular formula is C25H17BrF2N2O3. The molecule has 3 aromatic carbocycles. The van der Waals surface area contributed by atoms with Gasteiger partial charge >= 0.3 is 5.97 Å². The predicted octanol–water partition coefficient (Wildman–Crippen LogP) is 6.29. The Labute approximate surface area is 196 Å². The number of amides is 1. The van der Waals surface area contributed by atoms with Crippen LogP contribution in [0.2, 0.25) is 0 Å². The van der Waals surface area contributed by atoms with E-state index in [0.717, 1.165) is 29.3 Å². The van der Waals surface area contributed by atoms with Crippen molar-refractivity contribution in [1.29, 1.82) is 0 Å².